The quantitative estimate of drug-likeness (QED) is 0.703. The van der Waals surface area contributed by atoms with Gasteiger partial charge in [-0.3, -0.25) is 0 Å². The normalized spacial score (nSPS) is 10.5. The van der Waals surface area contributed by atoms with Gasteiger partial charge in [0.1, 0.15) is 11.9 Å². The summed E-state index contributed by atoms with van der Waals surface area (Å²) in [6.07, 6.45) is 2.02. The van der Waals surface area contributed by atoms with Crippen molar-refractivity contribution in [2.24, 2.45) is 0 Å². The minimum atomic E-state index is -0.276. The van der Waals surface area contributed by atoms with Crippen molar-refractivity contribution < 1.29 is 4.39 Å². The van der Waals surface area contributed by atoms with E-state index in [0.717, 1.165) is 0 Å². The van der Waals surface area contributed by atoms with Gasteiger partial charge in [-0.05, 0) is 23.8 Å². The van der Waals surface area contributed by atoms with E-state index in [1.165, 1.54) is 10.6 Å². The molecule has 0 atom stereocenters. The Morgan fingerprint density at radius 1 is 1.21 bits per heavy atom. The number of rotatable bonds is 2. The minimum Gasteiger partial charge on any atom is -0.219 e. The zero-order valence-electron chi connectivity index (χ0n) is 9.92. The number of fused-ring (bicyclic) bond motifs is 1. The number of nitrogens with zero attached hydrogens (tertiary/aromatic N) is 4. The maximum absolute atomic E-state index is 13.6. The van der Waals surface area contributed by atoms with Gasteiger partial charge in [-0.15, -0.1) is 0 Å². The topological polar surface area (TPSA) is 54.0 Å². The maximum atomic E-state index is 13.6. The lowest BCUT2D eigenvalue weighted by Gasteiger charge is -1.97. The van der Waals surface area contributed by atoms with Crippen molar-refractivity contribution in [2.45, 2.75) is 6.42 Å². The zero-order valence-corrected chi connectivity index (χ0v) is 9.92. The highest BCUT2D eigenvalue weighted by Gasteiger charge is 2.10. The molecule has 5 heteroatoms. The summed E-state index contributed by atoms with van der Waals surface area (Å²) in [6, 6.07) is 12.0. The van der Waals surface area contributed by atoms with Crippen LogP contribution in [0.3, 0.4) is 0 Å². The first-order valence-electron chi connectivity index (χ1n) is 5.76. The SMILES string of the molecule is N#Cc1cccn2nc(Cc3ccccc3F)nc12. The van der Waals surface area contributed by atoms with Crippen molar-refractivity contribution >= 4 is 5.65 Å². The summed E-state index contributed by atoms with van der Waals surface area (Å²) < 4.78 is 15.1. The number of hydrogen-bond acceptors (Lipinski definition) is 3. The van der Waals surface area contributed by atoms with Crippen LogP contribution in [-0.4, -0.2) is 14.6 Å². The molecule has 1 aromatic carbocycles. The number of hydrogen-bond donors (Lipinski definition) is 0. The fraction of sp³-hybridized carbons (Fsp3) is 0.0714. The third-order valence-corrected chi connectivity index (χ3v) is 2.83. The monoisotopic (exact) mass is 252 g/mol. The fourth-order valence-electron chi connectivity index (χ4n) is 1.92. The summed E-state index contributed by atoms with van der Waals surface area (Å²) in [6.45, 7) is 0. The lowest BCUT2D eigenvalue weighted by Crippen LogP contribution is -1.94. The Morgan fingerprint density at radius 2 is 2.05 bits per heavy atom. The Bertz CT molecular complexity index is 785. The molecule has 0 radical (unpaired) electrons. The van der Waals surface area contributed by atoms with Crippen molar-refractivity contribution in [2.75, 3.05) is 0 Å². The number of halogens is 1. The molecule has 19 heavy (non-hydrogen) atoms. The molecule has 0 aliphatic rings. The lowest BCUT2D eigenvalue weighted by atomic mass is 10.1. The summed E-state index contributed by atoms with van der Waals surface area (Å²) in [7, 11) is 0. The Morgan fingerprint density at radius 3 is 2.84 bits per heavy atom. The van der Waals surface area contributed by atoms with Crippen molar-refractivity contribution in [3.63, 3.8) is 0 Å². The number of aromatic nitrogens is 3. The molecule has 4 nitrogen and oxygen atoms in total. The van der Waals surface area contributed by atoms with Crippen molar-refractivity contribution in [3.8, 4) is 6.07 Å². The second kappa shape index (κ2) is 4.50. The van der Waals surface area contributed by atoms with Crippen LogP contribution in [-0.2, 0) is 6.42 Å². The molecule has 92 valence electrons. The van der Waals surface area contributed by atoms with Crippen LogP contribution in [0.4, 0.5) is 4.39 Å². The molecule has 3 rings (SSSR count). The Hall–Kier alpha value is -2.74. The first-order chi connectivity index (χ1) is 9.28. The highest BCUT2D eigenvalue weighted by molar-refractivity contribution is 5.54. The summed E-state index contributed by atoms with van der Waals surface area (Å²) in [5.74, 6) is 0.217. The van der Waals surface area contributed by atoms with Gasteiger partial charge in [-0.25, -0.2) is 13.9 Å². The van der Waals surface area contributed by atoms with Gasteiger partial charge in [-0.1, -0.05) is 18.2 Å². The summed E-state index contributed by atoms with van der Waals surface area (Å²) in [5.41, 5.74) is 1.49. The molecule has 2 heterocycles. The van der Waals surface area contributed by atoms with E-state index in [1.807, 2.05) is 0 Å². The van der Waals surface area contributed by atoms with Crippen LogP contribution in [0.1, 0.15) is 17.0 Å². The largest absolute Gasteiger partial charge is 0.219 e. The lowest BCUT2D eigenvalue weighted by molar-refractivity contribution is 0.612. The molecule has 0 aliphatic heterocycles. The third kappa shape index (κ3) is 2.04. The Balaban J connectivity index is 2.03. The highest BCUT2D eigenvalue weighted by Crippen LogP contribution is 2.13. The second-order valence-corrected chi connectivity index (χ2v) is 4.10. The van der Waals surface area contributed by atoms with Crippen LogP contribution in [0.5, 0.6) is 0 Å². The van der Waals surface area contributed by atoms with Gasteiger partial charge >= 0.3 is 0 Å². The van der Waals surface area contributed by atoms with E-state index in [2.05, 4.69) is 16.2 Å². The van der Waals surface area contributed by atoms with Gasteiger partial charge in [0.2, 0.25) is 0 Å². The highest BCUT2D eigenvalue weighted by atomic mass is 19.1. The minimum absolute atomic E-state index is 0.276. The summed E-state index contributed by atoms with van der Waals surface area (Å²) >= 11 is 0. The van der Waals surface area contributed by atoms with Crippen LogP contribution in [0.15, 0.2) is 42.6 Å². The Labute approximate surface area is 108 Å². The van der Waals surface area contributed by atoms with Gasteiger partial charge in [0.25, 0.3) is 0 Å². The molecular weight excluding hydrogens is 243 g/mol. The average Bonchev–Trinajstić information content (AvgIpc) is 2.83. The third-order valence-electron chi connectivity index (χ3n) is 2.83. The van der Waals surface area contributed by atoms with Crippen LogP contribution >= 0.6 is 0 Å². The first kappa shape index (κ1) is 11.4. The van der Waals surface area contributed by atoms with Gasteiger partial charge in [0, 0.05) is 12.6 Å². The molecule has 3 aromatic rings. The van der Waals surface area contributed by atoms with E-state index in [9.17, 15) is 4.39 Å². The van der Waals surface area contributed by atoms with Crippen LogP contribution < -0.4 is 0 Å². The Kier molecular flexibility index (Phi) is 2.69. The molecule has 0 spiro atoms. The second-order valence-electron chi connectivity index (χ2n) is 4.10. The van der Waals surface area contributed by atoms with Gasteiger partial charge < -0.3 is 0 Å². The average molecular weight is 252 g/mol. The first-order valence-corrected chi connectivity index (χ1v) is 5.76. The molecule has 2 aromatic heterocycles. The number of pyridine rings is 1. The standard InChI is InChI=1S/C14H9FN4/c15-12-6-2-1-4-10(12)8-13-17-14-11(9-16)5-3-7-19(14)18-13/h1-7H,8H2. The van der Waals surface area contributed by atoms with E-state index >= 15 is 0 Å². The van der Waals surface area contributed by atoms with E-state index in [4.69, 9.17) is 5.26 Å². The van der Waals surface area contributed by atoms with E-state index < -0.39 is 0 Å². The van der Waals surface area contributed by atoms with Crippen molar-refractivity contribution in [3.05, 3.63) is 65.4 Å². The van der Waals surface area contributed by atoms with Crippen molar-refractivity contribution in [1.82, 2.24) is 14.6 Å². The molecule has 0 bridgehead atoms. The molecule has 0 N–H and O–H groups in total. The molecule has 0 aliphatic carbocycles. The zero-order chi connectivity index (χ0) is 13.2. The van der Waals surface area contributed by atoms with Crippen LogP contribution in [0.2, 0.25) is 0 Å². The van der Waals surface area contributed by atoms with E-state index in [0.29, 0.717) is 29.0 Å². The van der Waals surface area contributed by atoms with E-state index in [1.54, 1.807) is 36.5 Å². The van der Waals surface area contributed by atoms with E-state index in [-0.39, 0.29) is 5.82 Å². The van der Waals surface area contributed by atoms with Crippen LogP contribution in [0, 0.1) is 17.1 Å². The summed E-state index contributed by atoms with van der Waals surface area (Å²) in [4.78, 5) is 4.28. The molecule has 0 fully saturated rings. The smallest absolute Gasteiger partial charge is 0.173 e. The molecule has 0 saturated heterocycles. The van der Waals surface area contributed by atoms with Gasteiger partial charge in [0.05, 0.1) is 5.56 Å². The predicted molar refractivity (Wildman–Crippen MR) is 66.9 cm³/mol. The molecule has 0 saturated carbocycles. The fourth-order valence-corrected chi connectivity index (χ4v) is 1.92. The molecule has 0 amide bonds. The number of benzene rings is 1. The van der Waals surface area contributed by atoms with Gasteiger partial charge in [-0.2, -0.15) is 10.4 Å². The molecular formula is C14H9FN4. The van der Waals surface area contributed by atoms with Crippen LogP contribution in [0.25, 0.3) is 5.65 Å². The van der Waals surface area contributed by atoms with Crippen molar-refractivity contribution in [1.29, 1.82) is 5.26 Å². The number of nitriles is 1. The van der Waals surface area contributed by atoms with Gasteiger partial charge in [0.15, 0.2) is 11.5 Å². The molecule has 0 unspecified atom stereocenters. The maximum Gasteiger partial charge on any atom is 0.173 e. The summed E-state index contributed by atoms with van der Waals surface area (Å²) in [5, 5.41) is 13.2. The predicted octanol–water partition coefficient (Wildman–Crippen LogP) is 2.33.